The number of hydrogen-bond donors (Lipinski definition) is 2. The van der Waals surface area contributed by atoms with E-state index in [0.29, 0.717) is 12.0 Å². The molecule has 0 aliphatic heterocycles. The highest BCUT2D eigenvalue weighted by Crippen LogP contribution is 2.30. The molecule has 1 atom stereocenters. The molecule has 0 saturated carbocycles. The van der Waals surface area contributed by atoms with Crippen molar-refractivity contribution < 1.29 is 17.6 Å². The maximum absolute atomic E-state index is 13.0. The molecule has 37 heavy (non-hydrogen) atoms. The minimum Gasteiger partial charge on any atom is -0.419 e. The predicted molar refractivity (Wildman–Crippen MR) is 143 cm³/mol. The van der Waals surface area contributed by atoms with Crippen LogP contribution in [-0.2, 0) is 28.5 Å². The number of thiazole rings is 1. The van der Waals surface area contributed by atoms with Gasteiger partial charge >= 0.3 is 0 Å². The van der Waals surface area contributed by atoms with Crippen molar-refractivity contribution in [2.75, 3.05) is 17.6 Å². The summed E-state index contributed by atoms with van der Waals surface area (Å²) in [5.41, 5.74) is 8.35. The van der Waals surface area contributed by atoms with Crippen molar-refractivity contribution in [2.24, 2.45) is 5.73 Å². The number of rotatable bonds is 9. The van der Waals surface area contributed by atoms with E-state index in [0.717, 1.165) is 26.8 Å². The molecule has 0 radical (unpaired) electrons. The second-order valence-electron chi connectivity index (χ2n) is 9.06. The van der Waals surface area contributed by atoms with E-state index in [4.69, 9.17) is 10.2 Å². The minimum atomic E-state index is -3.60. The maximum Gasteiger partial charge on any atom is 0.251 e. The van der Waals surface area contributed by atoms with Gasteiger partial charge < -0.3 is 15.5 Å². The summed E-state index contributed by atoms with van der Waals surface area (Å²) in [6, 6.07) is 14.3. The number of carbonyl (C=O) groups is 1. The first-order valence-electron chi connectivity index (χ1n) is 11.4. The van der Waals surface area contributed by atoms with Gasteiger partial charge in [-0.05, 0) is 44.0 Å². The fourth-order valence-corrected chi connectivity index (χ4v) is 4.85. The van der Waals surface area contributed by atoms with Gasteiger partial charge in [-0.1, -0.05) is 30.3 Å². The van der Waals surface area contributed by atoms with E-state index >= 15 is 0 Å². The van der Waals surface area contributed by atoms with Crippen molar-refractivity contribution in [3.8, 4) is 11.5 Å². The summed E-state index contributed by atoms with van der Waals surface area (Å²) in [7, 11) is -2.19. The Morgan fingerprint density at radius 1 is 1.19 bits per heavy atom. The number of nitrogens with zero attached hydrogens (tertiary/aromatic N) is 4. The summed E-state index contributed by atoms with van der Waals surface area (Å²) in [6.45, 7) is 3.92. The third kappa shape index (κ3) is 6.40. The molecule has 1 unspecified atom stereocenters. The topological polar surface area (TPSA) is 144 Å². The number of nitrogens with two attached hydrogens (primary N) is 1. The molecular formula is C25H28N6O4S2. The number of amides is 1. The molecular weight excluding hydrogens is 512 g/mol. The molecule has 2 aromatic carbocycles. The normalized spacial score (nSPS) is 13.2. The number of benzene rings is 2. The van der Waals surface area contributed by atoms with E-state index in [1.54, 1.807) is 19.1 Å². The summed E-state index contributed by atoms with van der Waals surface area (Å²) in [6.07, 6.45) is 1.55. The van der Waals surface area contributed by atoms with Crippen molar-refractivity contribution in [2.45, 2.75) is 32.4 Å². The molecule has 2 heterocycles. The van der Waals surface area contributed by atoms with Crippen LogP contribution in [0, 0.1) is 6.92 Å². The predicted octanol–water partition coefficient (Wildman–Crippen LogP) is 3.24. The zero-order valence-corrected chi connectivity index (χ0v) is 22.6. The van der Waals surface area contributed by atoms with Gasteiger partial charge in [0, 0.05) is 29.2 Å². The molecule has 0 fully saturated rings. The Morgan fingerprint density at radius 3 is 2.57 bits per heavy atom. The first-order chi connectivity index (χ1) is 17.4. The molecule has 194 valence electrons. The standard InChI is InChI=1S/C25H28N6O4S2/c1-16-15-36-21(28-16)14-27-22(32)18-10-19(12-20(11-18)31(3)37(4,33)34)23-29-30-24(35-23)25(2,26)13-17-8-6-5-7-9-17/h5-12,15H,13-14,26H2,1-4H3,(H,27,32). The molecule has 1 amide bonds. The van der Waals surface area contributed by atoms with Gasteiger partial charge in [0.25, 0.3) is 5.91 Å². The molecule has 2 aromatic heterocycles. The van der Waals surface area contributed by atoms with Crippen molar-refractivity contribution in [1.82, 2.24) is 20.5 Å². The van der Waals surface area contributed by atoms with Gasteiger partial charge in [-0.3, -0.25) is 9.10 Å². The van der Waals surface area contributed by atoms with Gasteiger partial charge in [-0.25, -0.2) is 13.4 Å². The Kier molecular flexibility index (Phi) is 7.44. The van der Waals surface area contributed by atoms with Crippen LogP contribution in [0.3, 0.4) is 0 Å². The van der Waals surface area contributed by atoms with Crippen LogP contribution in [0.25, 0.3) is 11.5 Å². The Morgan fingerprint density at radius 2 is 1.92 bits per heavy atom. The minimum absolute atomic E-state index is 0.119. The van der Waals surface area contributed by atoms with E-state index < -0.39 is 21.5 Å². The monoisotopic (exact) mass is 540 g/mol. The van der Waals surface area contributed by atoms with Crippen molar-refractivity contribution >= 4 is 33.0 Å². The van der Waals surface area contributed by atoms with Crippen molar-refractivity contribution in [3.63, 3.8) is 0 Å². The zero-order valence-electron chi connectivity index (χ0n) is 20.9. The number of anilines is 1. The number of aromatic nitrogens is 3. The summed E-state index contributed by atoms with van der Waals surface area (Å²) >= 11 is 1.45. The van der Waals surface area contributed by atoms with Gasteiger partial charge in [-0.2, -0.15) is 0 Å². The number of nitrogens with one attached hydrogen (secondary N) is 1. The van der Waals surface area contributed by atoms with Crippen molar-refractivity contribution in [3.05, 3.63) is 81.6 Å². The van der Waals surface area contributed by atoms with Crippen LogP contribution in [0.1, 0.15) is 39.4 Å². The van der Waals surface area contributed by atoms with Crippen LogP contribution in [0.15, 0.2) is 58.3 Å². The lowest BCUT2D eigenvalue weighted by Crippen LogP contribution is -2.35. The number of sulfonamides is 1. The van der Waals surface area contributed by atoms with Crippen LogP contribution >= 0.6 is 11.3 Å². The largest absolute Gasteiger partial charge is 0.419 e. The molecule has 0 bridgehead atoms. The molecule has 4 aromatic rings. The van der Waals surface area contributed by atoms with Gasteiger partial charge in [0.1, 0.15) is 5.01 Å². The lowest BCUT2D eigenvalue weighted by Gasteiger charge is -2.20. The van der Waals surface area contributed by atoms with E-state index in [1.807, 2.05) is 42.6 Å². The Hall–Kier alpha value is -3.61. The van der Waals surface area contributed by atoms with Gasteiger partial charge in [-0.15, -0.1) is 21.5 Å². The zero-order chi connectivity index (χ0) is 26.8. The lowest BCUT2D eigenvalue weighted by molar-refractivity contribution is 0.0951. The third-order valence-electron chi connectivity index (χ3n) is 5.68. The molecule has 3 N–H and O–H groups in total. The fraction of sp³-hybridized carbons (Fsp3) is 0.280. The average molecular weight is 541 g/mol. The van der Waals surface area contributed by atoms with Gasteiger partial charge in [0.15, 0.2) is 0 Å². The summed E-state index contributed by atoms with van der Waals surface area (Å²) < 4.78 is 31.5. The van der Waals surface area contributed by atoms with E-state index in [9.17, 15) is 13.2 Å². The van der Waals surface area contributed by atoms with E-state index in [-0.39, 0.29) is 29.6 Å². The number of aryl methyl sites for hydroxylation is 1. The van der Waals surface area contributed by atoms with Crippen LogP contribution in [0.2, 0.25) is 0 Å². The molecule has 0 aliphatic carbocycles. The van der Waals surface area contributed by atoms with Crippen LogP contribution in [-0.4, -0.2) is 42.8 Å². The Balaban J connectivity index is 1.66. The lowest BCUT2D eigenvalue weighted by atomic mass is 9.94. The van der Waals surface area contributed by atoms with Crippen molar-refractivity contribution in [1.29, 1.82) is 0 Å². The second-order valence-corrected chi connectivity index (χ2v) is 12.0. The van der Waals surface area contributed by atoms with Crippen LogP contribution in [0.4, 0.5) is 5.69 Å². The molecule has 12 heteroatoms. The Labute approximate surface area is 219 Å². The number of hydrogen-bond acceptors (Lipinski definition) is 9. The summed E-state index contributed by atoms with van der Waals surface area (Å²) in [5, 5.41) is 13.8. The molecule has 4 rings (SSSR count). The van der Waals surface area contributed by atoms with E-state index in [1.165, 1.54) is 24.5 Å². The highest BCUT2D eigenvalue weighted by molar-refractivity contribution is 7.92. The number of carbonyl (C=O) groups excluding carboxylic acids is 1. The summed E-state index contributed by atoms with van der Waals surface area (Å²) in [4.78, 5) is 17.4. The quantitative estimate of drug-likeness (QED) is 0.329. The summed E-state index contributed by atoms with van der Waals surface area (Å²) in [5.74, 6) is -0.0585. The highest BCUT2D eigenvalue weighted by atomic mass is 32.2. The highest BCUT2D eigenvalue weighted by Gasteiger charge is 2.29. The molecule has 0 aliphatic rings. The van der Waals surface area contributed by atoms with Gasteiger partial charge in [0.2, 0.25) is 21.8 Å². The smallest absolute Gasteiger partial charge is 0.251 e. The van der Waals surface area contributed by atoms with E-state index in [2.05, 4.69) is 20.5 Å². The first-order valence-corrected chi connectivity index (χ1v) is 14.1. The molecule has 10 nitrogen and oxygen atoms in total. The SMILES string of the molecule is Cc1csc(CNC(=O)c2cc(-c3nnc(C(C)(N)Cc4ccccc4)o3)cc(N(C)S(C)(=O)=O)c2)n1. The maximum atomic E-state index is 13.0. The molecule has 0 saturated heterocycles. The first kappa shape index (κ1) is 26.5. The average Bonchev–Trinajstić information content (AvgIpc) is 3.51. The van der Waals surface area contributed by atoms with Crippen LogP contribution < -0.4 is 15.4 Å². The van der Waals surface area contributed by atoms with Gasteiger partial charge in [0.05, 0.1) is 24.0 Å². The fourth-order valence-electron chi connectivity index (χ4n) is 3.65. The second kappa shape index (κ2) is 10.4. The molecule has 0 spiro atoms. The van der Waals surface area contributed by atoms with Crippen LogP contribution in [0.5, 0.6) is 0 Å². The third-order valence-corrected chi connectivity index (χ3v) is 7.85. The Bertz CT molecular complexity index is 1510.